The molecule has 0 atom stereocenters. The van der Waals surface area contributed by atoms with Gasteiger partial charge >= 0.3 is 0 Å². The van der Waals surface area contributed by atoms with Gasteiger partial charge in [-0.1, -0.05) is 45.8 Å². The molecular formula is C14H20BrNO. The zero-order valence-electron chi connectivity index (χ0n) is 10.6. The summed E-state index contributed by atoms with van der Waals surface area (Å²) in [5.41, 5.74) is 2.49. The Labute approximate surface area is 112 Å². The van der Waals surface area contributed by atoms with Gasteiger partial charge in [0.05, 0.1) is 0 Å². The Balaban J connectivity index is 2.34. The minimum Gasteiger partial charge on any atom is -0.346 e. The van der Waals surface area contributed by atoms with Gasteiger partial charge in [-0.25, -0.2) is 0 Å². The molecule has 17 heavy (non-hydrogen) atoms. The number of rotatable bonds is 6. The molecule has 1 aromatic rings. The maximum Gasteiger partial charge on any atom is 0.222 e. The van der Waals surface area contributed by atoms with Gasteiger partial charge in [0.15, 0.2) is 0 Å². The zero-order valence-corrected chi connectivity index (χ0v) is 12.2. The standard InChI is InChI=1S/C14H20BrNO/c1-12-4-6-13(7-5-12)8-9-14(17)16(2)11-3-10-15/h4-7H,3,8-11H2,1-2H3. The molecule has 1 rings (SSSR count). The Morgan fingerprint density at radius 2 is 1.94 bits per heavy atom. The average molecular weight is 298 g/mol. The topological polar surface area (TPSA) is 20.3 Å². The predicted molar refractivity (Wildman–Crippen MR) is 75.5 cm³/mol. The summed E-state index contributed by atoms with van der Waals surface area (Å²) >= 11 is 3.37. The minimum absolute atomic E-state index is 0.228. The number of nitrogens with zero attached hydrogens (tertiary/aromatic N) is 1. The molecule has 0 fully saturated rings. The predicted octanol–water partition coefficient (Wildman–Crippen LogP) is 3.17. The molecule has 0 N–H and O–H groups in total. The number of halogens is 1. The number of carbonyl (C=O) groups excluding carboxylic acids is 1. The third-order valence-electron chi connectivity index (χ3n) is 2.80. The van der Waals surface area contributed by atoms with E-state index in [1.807, 2.05) is 11.9 Å². The highest BCUT2D eigenvalue weighted by Gasteiger charge is 2.07. The summed E-state index contributed by atoms with van der Waals surface area (Å²) in [6.45, 7) is 2.90. The van der Waals surface area contributed by atoms with Gasteiger partial charge < -0.3 is 4.90 Å². The number of amides is 1. The molecule has 0 heterocycles. The Kier molecular flexibility index (Phi) is 6.27. The van der Waals surface area contributed by atoms with Crippen molar-refractivity contribution < 1.29 is 4.79 Å². The van der Waals surface area contributed by atoms with Crippen molar-refractivity contribution in [2.45, 2.75) is 26.2 Å². The van der Waals surface area contributed by atoms with Gasteiger partial charge in [-0.05, 0) is 25.3 Å². The van der Waals surface area contributed by atoms with E-state index in [4.69, 9.17) is 0 Å². The van der Waals surface area contributed by atoms with E-state index in [1.165, 1.54) is 11.1 Å². The number of alkyl halides is 1. The SMILES string of the molecule is Cc1ccc(CCC(=O)N(C)CCCBr)cc1. The van der Waals surface area contributed by atoms with Crippen LogP contribution in [0.25, 0.3) is 0 Å². The van der Waals surface area contributed by atoms with Crippen LogP contribution in [0.4, 0.5) is 0 Å². The Morgan fingerprint density at radius 3 is 2.53 bits per heavy atom. The fraction of sp³-hybridized carbons (Fsp3) is 0.500. The first-order valence-corrected chi connectivity index (χ1v) is 7.11. The highest BCUT2D eigenvalue weighted by Crippen LogP contribution is 2.07. The molecule has 1 amide bonds. The minimum atomic E-state index is 0.228. The third kappa shape index (κ3) is 5.35. The lowest BCUT2D eigenvalue weighted by Gasteiger charge is -2.16. The van der Waals surface area contributed by atoms with E-state index in [0.717, 1.165) is 24.7 Å². The van der Waals surface area contributed by atoms with Crippen molar-refractivity contribution in [2.75, 3.05) is 18.9 Å². The lowest BCUT2D eigenvalue weighted by Crippen LogP contribution is -2.28. The van der Waals surface area contributed by atoms with Crippen molar-refractivity contribution in [3.8, 4) is 0 Å². The molecule has 0 aliphatic carbocycles. The molecule has 0 bridgehead atoms. The lowest BCUT2D eigenvalue weighted by atomic mass is 10.1. The average Bonchev–Trinajstić information content (AvgIpc) is 2.34. The van der Waals surface area contributed by atoms with Crippen LogP contribution in [-0.4, -0.2) is 29.7 Å². The van der Waals surface area contributed by atoms with E-state index in [-0.39, 0.29) is 5.91 Å². The van der Waals surface area contributed by atoms with Gasteiger partial charge in [0.2, 0.25) is 5.91 Å². The van der Waals surface area contributed by atoms with E-state index >= 15 is 0 Å². The van der Waals surface area contributed by atoms with Gasteiger partial charge in [-0.2, -0.15) is 0 Å². The highest BCUT2D eigenvalue weighted by atomic mass is 79.9. The van der Waals surface area contributed by atoms with E-state index in [1.54, 1.807) is 0 Å². The second-order valence-electron chi connectivity index (χ2n) is 4.34. The van der Waals surface area contributed by atoms with Crippen LogP contribution in [-0.2, 0) is 11.2 Å². The quantitative estimate of drug-likeness (QED) is 0.739. The first-order chi connectivity index (χ1) is 8.13. The number of carbonyl (C=O) groups is 1. The summed E-state index contributed by atoms with van der Waals surface area (Å²) in [5, 5.41) is 0.947. The second kappa shape index (κ2) is 7.49. The Morgan fingerprint density at radius 1 is 1.29 bits per heavy atom. The monoisotopic (exact) mass is 297 g/mol. The molecule has 2 nitrogen and oxygen atoms in total. The van der Waals surface area contributed by atoms with Crippen molar-refractivity contribution in [1.82, 2.24) is 4.90 Å². The molecule has 0 radical (unpaired) electrons. The van der Waals surface area contributed by atoms with Crippen LogP contribution in [0.3, 0.4) is 0 Å². The maximum atomic E-state index is 11.8. The van der Waals surface area contributed by atoms with Crippen molar-refractivity contribution in [2.24, 2.45) is 0 Å². The molecule has 0 unspecified atom stereocenters. The molecule has 0 saturated heterocycles. The van der Waals surface area contributed by atoms with Crippen LogP contribution >= 0.6 is 15.9 Å². The zero-order chi connectivity index (χ0) is 12.7. The van der Waals surface area contributed by atoms with Gasteiger partial charge in [0, 0.05) is 25.3 Å². The Hall–Kier alpha value is -0.830. The van der Waals surface area contributed by atoms with Gasteiger partial charge in [0.25, 0.3) is 0 Å². The molecular weight excluding hydrogens is 278 g/mol. The van der Waals surface area contributed by atoms with Crippen molar-refractivity contribution in [1.29, 1.82) is 0 Å². The molecule has 0 saturated carbocycles. The van der Waals surface area contributed by atoms with E-state index in [0.29, 0.717) is 6.42 Å². The number of hydrogen-bond donors (Lipinski definition) is 0. The molecule has 0 aromatic heterocycles. The van der Waals surface area contributed by atoms with Crippen LogP contribution in [0, 0.1) is 6.92 Å². The summed E-state index contributed by atoms with van der Waals surface area (Å²) in [7, 11) is 1.88. The van der Waals surface area contributed by atoms with E-state index in [9.17, 15) is 4.79 Å². The lowest BCUT2D eigenvalue weighted by molar-refractivity contribution is -0.129. The van der Waals surface area contributed by atoms with Crippen LogP contribution in [0.15, 0.2) is 24.3 Å². The Bertz CT molecular complexity index is 348. The van der Waals surface area contributed by atoms with E-state index < -0.39 is 0 Å². The second-order valence-corrected chi connectivity index (χ2v) is 5.14. The van der Waals surface area contributed by atoms with Crippen LogP contribution in [0.2, 0.25) is 0 Å². The number of benzene rings is 1. The fourth-order valence-corrected chi connectivity index (χ4v) is 1.87. The van der Waals surface area contributed by atoms with Gasteiger partial charge in [-0.3, -0.25) is 4.79 Å². The fourth-order valence-electron chi connectivity index (χ4n) is 1.62. The summed E-state index contributed by atoms with van der Waals surface area (Å²) < 4.78 is 0. The molecule has 0 aliphatic heterocycles. The summed E-state index contributed by atoms with van der Waals surface area (Å²) in [4.78, 5) is 13.6. The van der Waals surface area contributed by atoms with Crippen molar-refractivity contribution in [3.05, 3.63) is 35.4 Å². The van der Waals surface area contributed by atoms with Crippen LogP contribution in [0.1, 0.15) is 24.0 Å². The molecule has 0 spiro atoms. The first-order valence-electron chi connectivity index (χ1n) is 5.99. The largest absolute Gasteiger partial charge is 0.346 e. The third-order valence-corrected chi connectivity index (χ3v) is 3.36. The smallest absolute Gasteiger partial charge is 0.222 e. The molecule has 0 aliphatic rings. The van der Waals surface area contributed by atoms with E-state index in [2.05, 4.69) is 47.1 Å². The van der Waals surface area contributed by atoms with Crippen molar-refractivity contribution in [3.63, 3.8) is 0 Å². The van der Waals surface area contributed by atoms with Crippen LogP contribution in [0.5, 0.6) is 0 Å². The summed E-state index contributed by atoms with van der Waals surface area (Å²) in [6, 6.07) is 8.38. The van der Waals surface area contributed by atoms with Crippen molar-refractivity contribution >= 4 is 21.8 Å². The van der Waals surface area contributed by atoms with Gasteiger partial charge in [0.1, 0.15) is 0 Å². The van der Waals surface area contributed by atoms with Gasteiger partial charge in [-0.15, -0.1) is 0 Å². The first kappa shape index (κ1) is 14.2. The maximum absolute atomic E-state index is 11.8. The number of aryl methyl sites for hydroxylation is 2. The normalized spacial score (nSPS) is 10.3. The molecule has 3 heteroatoms. The highest BCUT2D eigenvalue weighted by molar-refractivity contribution is 9.09. The van der Waals surface area contributed by atoms with Crippen LogP contribution < -0.4 is 0 Å². The molecule has 1 aromatic carbocycles. The summed E-state index contributed by atoms with van der Waals surface area (Å²) in [6.07, 6.45) is 2.44. The number of hydrogen-bond acceptors (Lipinski definition) is 1. The summed E-state index contributed by atoms with van der Waals surface area (Å²) in [5.74, 6) is 0.228. The molecule has 94 valence electrons.